The molecule has 0 unspecified atom stereocenters. The van der Waals surface area contributed by atoms with Gasteiger partial charge in [-0.25, -0.2) is 0 Å². The van der Waals surface area contributed by atoms with Crippen molar-refractivity contribution in [3.8, 4) is 0 Å². The largest absolute Gasteiger partial charge is 0.357 e. The number of hydrogen-bond donors (Lipinski definition) is 4. The maximum absolute atomic E-state index is 11.4. The van der Waals surface area contributed by atoms with E-state index in [1.165, 1.54) is 0 Å². The monoisotopic (exact) mass is 292 g/mol. The van der Waals surface area contributed by atoms with E-state index < -0.39 is 37.1 Å². The van der Waals surface area contributed by atoms with E-state index in [1.807, 2.05) is 0 Å². The smallest absolute Gasteiger partial charge is 0.321 e. The highest BCUT2D eigenvalue weighted by atomic mass is 31.2. The number of rotatable bonds is 4. The average Bonchev–Trinajstić information content (AvgIpc) is 2.24. The maximum atomic E-state index is 11.4. The summed E-state index contributed by atoms with van der Waals surface area (Å²) in [5.41, 5.74) is -0.473. The van der Waals surface area contributed by atoms with Gasteiger partial charge in [-0.05, 0) is 12.1 Å². The lowest BCUT2D eigenvalue weighted by Crippen LogP contribution is -2.30. The van der Waals surface area contributed by atoms with E-state index in [4.69, 9.17) is 19.6 Å². The van der Waals surface area contributed by atoms with E-state index >= 15 is 0 Å². The van der Waals surface area contributed by atoms with E-state index in [0.29, 0.717) is 0 Å². The van der Waals surface area contributed by atoms with Gasteiger partial charge in [0.05, 0.1) is 10.6 Å². The van der Waals surface area contributed by atoms with Gasteiger partial charge in [-0.2, -0.15) is 0 Å². The van der Waals surface area contributed by atoms with Gasteiger partial charge in [-0.3, -0.25) is 13.9 Å². The molecule has 0 bridgehead atoms. The second-order valence-corrected chi connectivity index (χ2v) is 6.43. The van der Waals surface area contributed by atoms with Gasteiger partial charge >= 0.3 is 15.2 Å². The number of benzene rings is 1. The molecule has 4 N–H and O–H groups in total. The van der Waals surface area contributed by atoms with Crippen molar-refractivity contribution >= 4 is 31.6 Å². The number of allylic oxidation sites excluding steroid dienone is 1. The van der Waals surface area contributed by atoms with Crippen LogP contribution < -0.4 is 10.6 Å². The molecule has 0 heterocycles. The van der Waals surface area contributed by atoms with Gasteiger partial charge < -0.3 is 19.6 Å². The fourth-order valence-corrected chi connectivity index (χ4v) is 3.71. The van der Waals surface area contributed by atoms with Crippen molar-refractivity contribution in [1.29, 1.82) is 0 Å². The summed E-state index contributed by atoms with van der Waals surface area (Å²) in [5, 5.41) is -1.81. The molecule has 0 aromatic heterocycles. The molecule has 7 nitrogen and oxygen atoms in total. The van der Waals surface area contributed by atoms with Crippen LogP contribution in [-0.4, -0.2) is 25.4 Å². The van der Waals surface area contributed by atoms with Crippen molar-refractivity contribution in [2.45, 2.75) is 0 Å². The highest BCUT2D eigenvalue weighted by molar-refractivity contribution is 7.67. The molecule has 9 heteroatoms. The molecule has 0 saturated carbocycles. The Bertz CT molecular complexity index is 595. The van der Waals surface area contributed by atoms with Crippen molar-refractivity contribution in [1.82, 2.24) is 0 Å². The topological polar surface area (TPSA) is 132 Å². The summed E-state index contributed by atoms with van der Waals surface area (Å²) in [6.45, 7) is 3.16. The molecule has 0 spiro atoms. The van der Waals surface area contributed by atoms with Crippen LogP contribution in [0.3, 0.4) is 0 Å². The normalized spacial score (nSPS) is 12.2. The standard InChI is InChI=1S/C9H10O7P2/c1-2-7(10)6-4-3-5-8(17(11,12)13)9(6)18(14,15)16/h2-5H,1H2,(H2,11,12,13)(H2,14,15,16). The highest BCUT2D eigenvalue weighted by Crippen LogP contribution is 2.41. The van der Waals surface area contributed by atoms with Crippen LogP contribution in [0.25, 0.3) is 0 Å². The number of carbonyl (C=O) groups excluding carboxylic acids is 1. The lowest BCUT2D eigenvalue weighted by Gasteiger charge is -2.15. The zero-order valence-corrected chi connectivity index (χ0v) is 10.7. The summed E-state index contributed by atoms with van der Waals surface area (Å²) in [7, 11) is -9.93. The summed E-state index contributed by atoms with van der Waals surface area (Å²) in [6, 6.07) is 3.07. The second-order valence-electron chi connectivity index (χ2n) is 3.33. The lowest BCUT2D eigenvalue weighted by atomic mass is 10.1. The minimum atomic E-state index is -5.02. The van der Waals surface area contributed by atoms with Crippen LogP contribution in [-0.2, 0) is 9.13 Å². The van der Waals surface area contributed by atoms with Crippen molar-refractivity contribution in [3.63, 3.8) is 0 Å². The van der Waals surface area contributed by atoms with Gasteiger partial charge in [0.2, 0.25) is 0 Å². The van der Waals surface area contributed by atoms with E-state index in [0.717, 1.165) is 24.3 Å². The Morgan fingerprint density at radius 2 is 1.67 bits per heavy atom. The maximum Gasteiger partial charge on any atom is 0.357 e. The molecule has 0 aliphatic heterocycles. The summed E-state index contributed by atoms with van der Waals surface area (Å²) < 4.78 is 22.5. The van der Waals surface area contributed by atoms with Crippen LogP contribution in [0.15, 0.2) is 30.9 Å². The van der Waals surface area contributed by atoms with Crippen LogP contribution in [0, 0.1) is 0 Å². The quantitative estimate of drug-likeness (QED) is 0.339. The van der Waals surface area contributed by atoms with E-state index in [-0.39, 0.29) is 0 Å². The number of carbonyl (C=O) groups is 1. The third-order valence-electron chi connectivity index (χ3n) is 2.07. The molecule has 0 aliphatic rings. The van der Waals surface area contributed by atoms with E-state index in [9.17, 15) is 13.9 Å². The highest BCUT2D eigenvalue weighted by Gasteiger charge is 2.34. The van der Waals surface area contributed by atoms with Crippen LogP contribution in [0.1, 0.15) is 10.4 Å². The van der Waals surface area contributed by atoms with Gasteiger partial charge in [0.25, 0.3) is 0 Å². The summed E-state index contributed by atoms with van der Waals surface area (Å²) in [5.74, 6) is -0.830. The van der Waals surface area contributed by atoms with Crippen LogP contribution in [0.4, 0.5) is 0 Å². The van der Waals surface area contributed by atoms with Gasteiger partial charge in [-0.1, -0.05) is 18.7 Å². The predicted octanol–water partition coefficient (Wildman–Crippen LogP) is -0.339. The van der Waals surface area contributed by atoms with Gasteiger partial charge in [0.15, 0.2) is 5.78 Å². The van der Waals surface area contributed by atoms with Crippen molar-refractivity contribution < 1.29 is 33.5 Å². The second kappa shape index (κ2) is 4.90. The first-order chi connectivity index (χ1) is 8.09. The zero-order valence-electron chi connectivity index (χ0n) is 8.92. The van der Waals surface area contributed by atoms with Crippen LogP contribution in [0.5, 0.6) is 0 Å². The van der Waals surface area contributed by atoms with Crippen LogP contribution >= 0.6 is 15.2 Å². The van der Waals surface area contributed by atoms with E-state index in [1.54, 1.807) is 0 Å². The molecule has 1 aromatic carbocycles. The van der Waals surface area contributed by atoms with Crippen LogP contribution in [0.2, 0.25) is 0 Å². The molecule has 0 radical (unpaired) electrons. The van der Waals surface area contributed by atoms with Gasteiger partial charge in [0, 0.05) is 5.56 Å². The number of ketones is 1. The Labute approximate surface area is 102 Å². The third kappa shape index (κ3) is 3.03. The molecular weight excluding hydrogens is 282 g/mol. The van der Waals surface area contributed by atoms with Crippen molar-refractivity contribution in [2.24, 2.45) is 0 Å². The molecule has 98 valence electrons. The molecule has 1 aromatic rings. The van der Waals surface area contributed by atoms with Gasteiger partial charge in [-0.15, -0.1) is 0 Å². The summed E-state index contributed by atoms with van der Waals surface area (Å²) in [4.78, 5) is 47.8. The molecule has 0 fully saturated rings. The average molecular weight is 292 g/mol. The molecule has 0 aliphatic carbocycles. The summed E-state index contributed by atoms with van der Waals surface area (Å²) >= 11 is 0. The fourth-order valence-electron chi connectivity index (χ4n) is 1.38. The molecule has 1 rings (SSSR count). The summed E-state index contributed by atoms with van der Waals surface area (Å²) in [6.07, 6.45) is 0.804. The Kier molecular flexibility index (Phi) is 4.08. The Morgan fingerprint density at radius 3 is 2.06 bits per heavy atom. The fraction of sp³-hybridized carbons (Fsp3) is 0. The van der Waals surface area contributed by atoms with E-state index in [2.05, 4.69) is 6.58 Å². The predicted molar refractivity (Wildman–Crippen MR) is 64.3 cm³/mol. The SMILES string of the molecule is C=CC(=O)c1cccc(P(=O)(O)O)c1P(=O)(O)O. The van der Waals surface area contributed by atoms with Crippen molar-refractivity contribution in [3.05, 3.63) is 36.4 Å². The molecule has 18 heavy (non-hydrogen) atoms. The van der Waals surface area contributed by atoms with Crippen molar-refractivity contribution in [2.75, 3.05) is 0 Å². The van der Waals surface area contributed by atoms with Gasteiger partial charge in [0.1, 0.15) is 0 Å². The first kappa shape index (κ1) is 15.0. The molecule has 0 saturated heterocycles. The molecule has 0 atom stereocenters. The zero-order chi connectivity index (χ0) is 14.1. The Balaban J connectivity index is 3.78. The third-order valence-corrected chi connectivity index (χ3v) is 4.31. The number of hydrogen-bond acceptors (Lipinski definition) is 3. The molecular formula is C9H10O7P2. The first-order valence-electron chi connectivity index (χ1n) is 4.51. The Hall–Kier alpha value is -1.07. The minimum absolute atomic E-state index is 0.473. The Morgan fingerprint density at radius 1 is 1.11 bits per heavy atom. The molecule has 0 amide bonds. The lowest BCUT2D eigenvalue weighted by molar-refractivity contribution is 0.104. The first-order valence-corrected chi connectivity index (χ1v) is 7.73. The minimum Gasteiger partial charge on any atom is -0.321 e.